The van der Waals surface area contributed by atoms with Crippen LogP contribution in [0, 0.1) is 6.92 Å². The molecule has 0 unspecified atom stereocenters. The Morgan fingerprint density at radius 1 is 0.690 bits per heavy atom. The summed E-state index contributed by atoms with van der Waals surface area (Å²) in [7, 11) is -3.89. The van der Waals surface area contributed by atoms with Gasteiger partial charge >= 0.3 is 0 Å². The molecular weight excluding hydrogens is 384 g/mol. The van der Waals surface area contributed by atoms with Gasteiger partial charge in [-0.25, -0.2) is 8.42 Å². The fraction of sp³-hybridized carbons (Fsp3) is 0.167. The second-order valence-corrected chi connectivity index (χ2v) is 9.93. The molecule has 0 radical (unpaired) electrons. The van der Waals surface area contributed by atoms with E-state index >= 15 is 0 Å². The molecule has 0 saturated carbocycles. The van der Waals surface area contributed by atoms with Crippen LogP contribution >= 0.6 is 0 Å². The zero-order valence-electron chi connectivity index (χ0n) is 16.5. The SMILES string of the molecule is Cc1ccc(S(=O)(=O)C(C)(C)C(=O)c2ccc(C(=O)c3ccccc3)cc2)cc1. The summed E-state index contributed by atoms with van der Waals surface area (Å²) in [4.78, 5) is 25.7. The normalized spacial score (nSPS) is 11.8. The number of aryl methyl sites for hydroxylation is 1. The number of Topliss-reactive ketones (excluding diaryl/α,β-unsaturated/α-hetero) is 1. The van der Waals surface area contributed by atoms with Crippen molar-refractivity contribution in [2.45, 2.75) is 30.4 Å². The third kappa shape index (κ3) is 3.91. The third-order valence-corrected chi connectivity index (χ3v) is 7.42. The number of hydrogen-bond donors (Lipinski definition) is 0. The van der Waals surface area contributed by atoms with Gasteiger partial charge in [-0.3, -0.25) is 9.59 Å². The molecule has 4 nitrogen and oxygen atoms in total. The largest absolute Gasteiger partial charge is 0.292 e. The van der Waals surface area contributed by atoms with E-state index in [1.54, 1.807) is 48.5 Å². The van der Waals surface area contributed by atoms with Crippen molar-refractivity contribution in [3.8, 4) is 0 Å². The van der Waals surface area contributed by atoms with Crippen molar-refractivity contribution in [1.82, 2.24) is 0 Å². The number of hydrogen-bond acceptors (Lipinski definition) is 4. The molecule has 0 spiro atoms. The summed E-state index contributed by atoms with van der Waals surface area (Å²) in [6.07, 6.45) is 0. The second kappa shape index (κ2) is 7.76. The minimum atomic E-state index is -3.89. The van der Waals surface area contributed by atoms with E-state index in [9.17, 15) is 18.0 Å². The highest BCUT2D eigenvalue weighted by Gasteiger charge is 2.43. The van der Waals surface area contributed by atoms with Crippen LogP contribution in [0.25, 0.3) is 0 Å². The number of ketones is 2. The first-order valence-corrected chi connectivity index (χ1v) is 10.7. The van der Waals surface area contributed by atoms with Crippen molar-refractivity contribution < 1.29 is 18.0 Å². The molecule has 0 aliphatic carbocycles. The Kier molecular flexibility index (Phi) is 5.53. The van der Waals surface area contributed by atoms with Gasteiger partial charge in [0.15, 0.2) is 21.4 Å². The van der Waals surface area contributed by atoms with E-state index < -0.39 is 20.4 Å². The van der Waals surface area contributed by atoms with Gasteiger partial charge in [0.2, 0.25) is 0 Å². The number of rotatable bonds is 6. The van der Waals surface area contributed by atoms with Crippen LogP contribution in [0.5, 0.6) is 0 Å². The first-order chi connectivity index (χ1) is 13.6. The summed E-state index contributed by atoms with van der Waals surface area (Å²) in [5, 5.41) is 0. The Morgan fingerprint density at radius 3 is 1.72 bits per heavy atom. The van der Waals surface area contributed by atoms with E-state index in [4.69, 9.17) is 0 Å². The van der Waals surface area contributed by atoms with Crippen LogP contribution in [-0.2, 0) is 9.84 Å². The molecule has 0 aliphatic rings. The van der Waals surface area contributed by atoms with E-state index in [1.165, 1.54) is 38.1 Å². The average molecular weight is 407 g/mol. The molecule has 0 bridgehead atoms. The van der Waals surface area contributed by atoms with Gasteiger partial charge in [0.25, 0.3) is 0 Å². The standard InChI is InChI=1S/C24H22O4S/c1-17-9-15-21(16-10-17)29(27,28)24(2,3)23(26)20-13-11-19(12-14-20)22(25)18-7-5-4-6-8-18/h4-16H,1-3H3. The Bertz CT molecular complexity index is 1140. The van der Waals surface area contributed by atoms with E-state index in [0.717, 1.165) is 5.56 Å². The molecule has 0 fully saturated rings. The van der Waals surface area contributed by atoms with Gasteiger partial charge in [-0.1, -0.05) is 72.3 Å². The molecular formula is C24H22O4S. The Balaban J connectivity index is 1.89. The van der Waals surface area contributed by atoms with Crippen molar-refractivity contribution in [3.05, 3.63) is 101 Å². The van der Waals surface area contributed by atoms with Crippen molar-refractivity contribution >= 4 is 21.4 Å². The molecule has 3 aromatic carbocycles. The van der Waals surface area contributed by atoms with Crippen LogP contribution in [-0.4, -0.2) is 24.7 Å². The molecule has 5 heteroatoms. The van der Waals surface area contributed by atoms with Crippen molar-refractivity contribution in [2.24, 2.45) is 0 Å². The number of benzene rings is 3. The van der Waals surface area contributed by atoms with Gasteiger partial charge in [0.05, 0.1) is 4.90 Å². The van der Waals surface area contributed by atoms with Gasteiger partial charge < -0.3 is 0 Å². The molecule has 0 amide bonds. The molecule has 0 heterocycles. The highest BCUT2D eigenvalue weighted by molar-refractivity contribution is 7.93. The van der Waals surface area contributed by atoms with Crippen LogP contribution in [0.3, 0.4) is 0 Å². The molecule has 148 valence electrons. The fourth-order valence-corrected chi connectivity index (χ4v) is 4.46. The van der Waals surface area contributed by atoms with Crippen molar-refractivity contribution in [2.75, 3.05) is 0 Å². The van der Waals surface area contributed by atoms with Gasteiger partial charge in [-0.2, -0.15) is 0 Å². The van der Waals surface area contributed by atoms with Crippen LogP contribution < -0.4 is 0 Å². The van der Waals surface area contributed by atoms with Crippen LogP contribution in [0.4, 0.5) is 0 Å². The first kappa shape index (κ1) is 20.7. The minimum absolute atomic E-state index is 0.109. The first-order valence-electron chi connectivity index (χ1n) is 9.20. The van der Waals surface area contributed by atoms with Gasteiger partial charge in [-0.15, -0.1) is 0 Å². The maximum Gasteiger partial charge on any atom is 0.193 e. The Hall–Kier alpha value is -3.05. The highest BCUT2D eigenvalue weighted by Crippen LogP contribution is 2.29. The zero-order valence-corrected chi connectivity index (χ0v) is 17.4. The summed E-state index contributed by atoms with van der Waals surface area (Å²) in [5.41, 5.74) is 2.17. The third-order valence-electron chi connectivity index (χ3n) is 5.00. The lowest BCUT2D eigenvalue weighted by Gasteiger charge is -2.23. The van der Waals surface area contributed by atoms with Crippen molar-refractivity contribution in [1.29, 1.82) is 0 Å². The molecule has 29 heavy (non-hydrogen) atoms. The van der Waals surface area contributed by atoms with Crippen LogP contribution in [0.2, 0.25) is 0 Å². The number of carbonyl (C=O) groups excluding carboxylic acids is 2. The van der Waals surface area contributed by atoms with Gasteiger partial charge in [0.1, 0.15) is 4.75 Å². The van der Waals surface area contributed by atoms with Crippen LogP contribution in [0.15, 0.2) is 83.8 Å². The molecule has 0 aliphatic heterocycles. The summed E-state index contributed by atoms with van der Waals surface area (Å²) >= 11 is 0. The monoisotopic (exact) mass is 406 g/mol. The number of carbonyl (C=O) groups is 2. The van der Waals surface area contributed by atoms with Crippen molar-refractivity contribution in [3.63, 3.8) is 0 Å². The highest BCUT2D eigenvalue weighted by atomic mass is 32.2. The van der Waals surface area contributed by atoms with E-state index in [1.807, 2.05) is 13.0 Å². The lowest BCUT2D eigenvalue weighted by atomic mass is 9.97. The zero-order chi connectivity index (χ0) is 21.2. The lowest BCUT2D eigenvalue weighted by molar-refractivity contribution is 0.0952. The number of sulfone groups is 1. The summed E-state index contributed by atoms with van der Waals surface area (Å²) in [6.45, 7) is 4.69. The lowest BCUT2D eigenvalue weighted by Crippen LogP contribution is -2.40. The molecule has 0 aromatic heterocycles. The summed E-state index contributed by atoms with van der Waals surface area (Å²) in [5.74, 6) is -0.673. The molecule has 0 N–H and O–H groups in total. The average Bonchev–Trinajstić information content (AvgIpc) is 2.73. The minimum Gasteiger partial charge on any atom is -0.292 e. The molecule has 0 atom stereocenters. The maximum atomic E-state index is 13.1. The van der Waals surface area contributed by atoms with E-state index in [-0.39, 0.29) is 16.2 Å². The summed E-state index contributed by atoms with van der Waals surface area (Å²) < 4.78 is 24.5. The smallest absolute Gasteiger partial charge is 0.193 e. The van der Waals surface area contributed by atoms with E-state index in [2.05, 4.69) is 0 Å². The maximum absolute atomic E-state index is 13.1. The van der Waals surface area contributed by atoms with Gasteiger partial charge in [-0.05, 0) is 32.9 Å². The predicted molar refractivity (Wildman–Crippen MR) is 113 cm³/mol. The summed E-state index contributed by atoms with van der Waals surface area (Å²) in [6, 6.07) is 21.4. The topological polar surface area (TPSA) is 68.3 Å². The second-order valence-electron chi connectivity index (χ2n) is 7.43. The van der Waals surface area contributed by atoms with E-state index in [0.29, 0.717) is 11.1 Å². The fourth-order valence-electron chi connectivity index (χ4n) is 3.01. The predicted octanol–water partition coefficient (Wildman–Crippen LogP) is 4.66. The molecule has 3 aromatic rings. The van der Waals surface area contributed by atoms with Gasteiger partial charge in [0, 0.05) is 16.7 Å². The quantitative estimate of drug-likeness (QED) is 0.558. The Morgan fingerprint density at radius 2 is 1.17 bits per heavy atom. The molecule has 3 rings (SSSR count). The van der Waals surface area contributed by atoms with Crippen LogP contribution in [0.1, 0.15) is 45.7 Å². The Labute approximate surface area is 171 Å². The molecule has 0 saturated heterocycles.